The molecule has 0 saturated carbocycles. The van der Waals surface area contributed by atoms with Crippen molar-refractivity contribution in [2.75, 3.05) is 0 Å². The molecule has 4 nitrogen and oxygen atoms in total. The van der Waals surface area contributed by atoms with Crippen molar-refractivity contribution in [3.63, 3.8) is 0 Å². The van der Waals surface area contributed by atoms with E-state index in [-0.39, 0.29) is 6.42 Å². The first-order valence-electron chi connectivity index (χ1n) is 5.12. The van der Waals surface area contributed by atoms with Gasteiger partial charge in [-0.2, -0.15) is 0 Å². The first-order chi connectivity index (χ1) is 8.24. The first-order valence-corrected chi connectivity index (χ1v) is 5.12. The number of aliphatic carboxylic acids is 1. The maximum Gasteiger partial charge on any atom is 0.307 e. The summed E-state index contributed by atoms with van der Waals surface area (Å²) < 4.78 is 5.55. The van der Waals surface area contributed by atoms with Crippen LogP contribution in [0.2, 0.25) is 0 Å². The SMILES string of the molecule is O=C(O)Cc1cccc(Oc2cccnc2)c1. The number of hydrogen-bond acceptors (Lipinski definition) is 3. The molecule has 0 bridgehead atoms. The minimum atomic E-state index is -0.858. The quantitative estimate of drug-likeness (QED) is 0.875. The summed E-state index contributed by atoms with van der Waals surface area (Å²) in [5.41, 5.74) is 0.707. The lowest BCUT2D eigenvalue weighted by molar-refractivity contribution is -0.136. The van der Waals surface area contributed by atoms with Crippen molar-refractivity contribution < 1.29 is 14.6 Å². The molecule has 0 saturated heterocycles. The lowest BCUT2D eigenvalue weighted by atomic mass is 10.1. The number of carboxylic acid groups (broad SMARTS) is 1. The van der Waals surface area contributed by atoms with Gasteiger partial charge >= 0.3 is 5.97 Å². The predicted molar refractivity (Wildman–Crippen MR) is 62.1 cm³/mol. The van der Waals surface area contributed by atoms with Crippen LogP contribution in [0.25, 0.3) is 0 Å². The Kier molecular flexibility index (Phi) is 3.35. The fourth-order valence-corrected chi connectivity index (χ4v) is 1.44. The molecule has 1 heterocycles. The zero-order valence-corrected chi connectivity index (χ0v) is 9.04. The third-order valence-corrected chi connectivity index (χ3v) is 2.12. The molecule has 1 aromatic carbocycles. The van der Waals surface area contributed by atoms with Crippen LogP contribution in [-0.4, -0.2) is 16.1 Å². The van der Waals surface area contributed by atoms with Crippen molar-refractivity contribution in [2.24, 2.45) is 0 Å². The summed E-state index contributed by atoms with van der Waals surface area (Å²) in [5.74, 6) is 0.375. The number of carbonyl (C=O) groups is 1. The van der Waals surface area contributed by atoms with Gasteiger partial charge in [-0.25, -0.2) is 0 Å². The molecule has 0 fully saturated rings. The van der Waals surface area contributed by atoms with Gasteiger partial charge in [0.05, 0.1) is 12.6 Å². The summed E-state index contributed by atoms with van der Waals surface area (Å²) in [6, 6.07) is 10.6. The van der Waals surface area contributed by atoms with Crippen LogP contribution in [0.5, 0.6) is 11.5 Å². The number of ether oxygens (including phenoxy) is 1. The van der Waals surface area contributed by atoms with Gasteiger partial charge in [0, 0.05) is 6.20 Å². The molecule has 2 rings (SSSR count). The maximum atomic E-state index is 10.6. The number of nitrogens with zero attached hydrogens (tertiary/aromatic N) is 1. The van der Waals surface area contributed by atoms with Crippen molar-refractivity contribution in [2.45, 2.75) is 6.42 Å². The van der Waals surface area contributed by atoms with E-state index in [4.69, 9.17) is 9.84 Å². The largest absolute Gasteiger partial charge is 0.481 e. The Morgan fingerprint density at radius 3 is 2.76 bits per heavy atom. The normalized spacial score (nSPS) is 9.88. The fraction of sp³-hybridized carbons (Fsp3) is 0.0769. The Labute approximate surface area is 98.5 Å². The number of benzene rings is 1. The summed E-state index contributed by atoms with van der Waals surface area (Å²) in [5, 5.41) is 8.70. The Hall–Kier alpha value is -2.36. The molecule has 1 N–H and O–H groups in total. The van der Waals surface area contributed by atoms with Crippen molar-refractivity contribution in [1.82, 2.24) is 4.98 Å². The predicted octanol–water partition coefficient (Wildman–Crippen LogP) is 2.50. The van der Waals surface area contributed by atoms with E-state index in [0.29, 0.717) is 17.1 Å². The number of pyridine rings is 1. The molecular weight excluding hydrogens is 218 g/mol. The monoisotopic (exact) mass is 229 g/mol. The van der Waals surface area contributed by atoms with Gasteiger partial charge in [0.25, 0.3) is 0 Å². The van der Waals surface area contributed by atoms with Crippen molar-refractivity contribution in [3.05, 3.63) is 54.4 Å². The average molecular weight is 229 g/mol. The zero-order chi connectivity index (χ0) is 12.1. The van der Waals surface area contributed by atoms with Gasteiger partial charge in [-0.05, 0) is 29.8 Å². The zero-order valence-electron chi connectivity index (χ0n) is 9.04. The van der Waals surface area contributed by atoms with Crippen LogP contribution in [0, 0.1) is 0 Å². The van der Waals surface area contributed by atoms with Crippen LogP contribution in [0.15, 0.2) is 48.8 Å². The highest BCUT2D eigenvalue weighted by Crippen LogP contribution is 2.21. The van der Waals surface area contributed by atoms with E-state index in [0.717, 1.165) is 0 Å². The van der Waals surface area contributed by atoms with Crippen LogP contribution in [0.4, 0.5) is 0 Å². The van der Waals surface area contributed by atoms with Crippen molar-refractivity contribution in [3.8, 4) is 11.5 Å². The van der Waals surface area contributed by atoms with E-state index in [1.54, 1.807) is 48.8 Å². The van der Waals surface area contributed by atoms with Gasteiger partial charge in [0.1, 0.15) is 11.5 Å². The number of aromatic nitrogens is 1. The second-order valence-corrected chi connectivity index (χ2v) is 3.51. The molecule has 17 heavy (non-hydrogen) atoms. The highest BCUT2D eigenvalue weighted by Gasteiger charge is 2.02. The van der Waals surface area contributed by atoms with E-state index in [1.807, 2.05) is 0 Å². The van der Waals surface area contributed by atoms with Crippen LogP contribution < -0.4 is 4.74 Å². The van der Waals surface area contributed by atoms with E-state index in [1.165, 1.54) is 0 Å². The van der Waals surface area contributed by atoms with Crippen molar-refractivity contribution >= 4 is 5.97 Å². The van der Waals surface area contributed by atoms with Crippen LogP contribution >= 0.6 is 0 Å². The van der Waals surface area contributed by atoms with Crippen LogP contribution in [0.3, 0.4) is 0 Å². The molecule has 0 aliphatic carbocycles. The molecule has 1 aromatic heterocycles. The molecule has 4 heteroatoms. The summed E-state index contributed by atoms with van der Waals surface area (Å²) in [7, 11) is 0. The lowest BCUT2D eigenvalue weighted by Crippen LogP contribution is -1.99. The second kappa shape index (κ2) is 5.12. The first kappa shape index (κ1) is 11.1. The Morgan fingerprint density at radius 1 is 1.24 bits per heavy atom. The van der Waals surface area contributed by atoms with E-state index < -0.39 is 5.97 Å². The highest BCUT2D eigenvalue weighted by molar-refractivity contribution is 5.70. The highest BCUT2D eigenvalue weighted by atomic mass is 16.5. The van der Waals surface area contributed by atoms with Crippen LogP contribution in [-0.2, 0) is 11.2 Å². The molecule has 0 spiro atoms. The lowest BCUT2D eigenvalue weighted by Gasteiger charge is -2.06. The smallest absolute Gasteiger partial charge is 0.307 e. The maximum absolute atomic E-state index is 10.6. The van der Waals surface area contributed by atoms with E-state index >= 15 is 0 Å². The molecule has 0 radical (unpaired) electrons. The summed E-state index contributed by atoms with van der Waals surface area (Å²) >= 11 is 0. The summed E-state index contributed by atoms with van der Waals surface area (Å²) in [4.78, 5) is 14.5. The third-order valence-electron chi connectivity index (χ3n) is 2.12. The van der Waals surface area contributed by atoms with Gasteiger partial charge in [-0.15, -0.1) is 0 Å². The van der Waals surface area contributed by atoms with E-state index in [2.05, 4.69) is 4.98 Å². The molecular formula is C13H11NO3. The van der Waals surface area contributed by atoms with Crippen molar-refractivity contribution in [1.29, 1.82) is 0 Å². The minimum Gasteiger partial charge on any atom is -0.481 e. The molecule has 0 aliphatic rings. The summed E-state index contributed by atoms with van der Waals surface area (Å²) in [6.07, 6.45) is 3.25. The standard InChI is InChI=1S/C13H11NO3/c15-13(16)8-10-3-1-4-11(7-10)17-12-5-2-6-14-9-12/h1-7,9H,8H2,(H,15,16). The second-order valence-electron chi connectivity index (χ2n) is 3.51. The summed E-state index contributed by atoms with van der Waals surface area (Å²) in [6.45, 7) is 0. The average Bonchev–Trinajstić information content (AvgIpc) is 2.30. The fourth-order valence-electron chi connectivity index (χ4n) is 1.44. The van der Waals surface area contributed by atoms with E-state index in [9.17, 15) is 4.79 Å². The molecule has 86 valence electrons. The molecule has 0 unspecified atom stereocenters. The third kappa shape index (κ3) is 3.31. The van der Waals surface area contributed by atoms with Gasteiger partial charge < -0.3 is 9.84 Å². The molecule has 0 aliphatic heterocycles. The Balaban J connectivity index is 2.14. The van der Waals surface area contributed by atoms with Gasteiger partial charge in [-0.1, -0.05) is 12.1 Å². The van der Waals surface area contributed by atoms with Crippen LogP contribution in [0.1, 0.15) is 5.56 Å². The van der Waals surface area contributed by atoms with Gasteiger partial charge in [-0.3, -0.25) is 9.78 Å². The topological polar surface area (TPSA) is 59.4 Å². The minimum absolute atomic E-state index is 0.00968. The molecule has 0 amide bonds. The van der Waals surface area contributed by atoms with Gasteiger partial charge in [0.15, 0.2) is 0 Å². The number of hydrogen-bond donors (Lipinski definition) is 1. The number of rotatable bonds is 4. The number of carboxylic acids is 1. The Bertz CT molecular complexity index is 511. The molecule has 0 atom stereocenters. The van der Waals surface area contributed by atoms with Gasteiger partial charge in [0.2, 0.25) is 0 Å². The Morgan fingerprint density at radius 2 is 2.06 bits per heavy atom. The molecule has 2 aromatic rings.